The molecule has 0 bridgehead atoms. The molecular formula is C14H17Cl2NO3. The highest BCUT2D eigenvalue weighted by Crippen LogP contribution is 2.34. The zero-order chi connectivity index (χ0) is 14.5. The Hall–Kier alpha value is -0.970. The molecule has 1 atom stereocenters. The van der Waals surface area contributed by atoms with Gasteiger partial charge in [-0.05, 0) is 37.8 Å². The molecule has 1 aromatic carbocycles. The minimum atomic E-state index is -0.179. The summed E-state index contributed by atoms with van der Waals surface area (Å²) < 4.78 is 5.58. The van der Waals surface area contributed by atoms with E-state index in [4.69, 9.17) is 27.9 Å². The predicted octanol–water partition coefficient (Wildman–Crippen LogP) is 3.99. The fourth-order valence-corrected chi connectivity index (χ4v) is 2.68. The molecule has 0 spiro atoms. The summed E-state index contributed by atoms with van der Waals surface area (Å²) >= 11 is 11.6. The lowest BCUT2D eigenvalue weighted by Crippen LogP contribution is -2.21. The highest BCUT2D eigenvalue weighted by atomic mass is 35.5. The summed E-state index contributed by atoms with van der Waals surface area (Å²) in [6.45, 7) is 0.787. The smallest absolute Gasteiger partial charge is 0.224 e. The van der Waals surface area contributed by atoms with Crippen molar-refractivity contribution in [1.29, 1.82) is 0 Å². The van der Waals surface area contributed by atoms with Gasteiger partial charge in [0.1, 0.15) is 0 Å². The van der Waals surface area contributed by atoms with Gasteiger partial charge in [-0.3, -0.25) is 4.79 Å². The molecule has 1 aliphatic heterocycles. The van der Waals surface area contributed by atoms with Crippen LogP contribution in [0.1, 0.15) is 32.1 Å². The van der Waals surface area contributed by atoms with E-state index < -0.39 is 0 Å². The Labute approximate surface area is 128 Å². The molecule has 1 unspecified atom stereocenters. The molecule has 1 fully saturated rings. The summed E-state index contributed by atoms with van der Waals surface area (Å²) in [6.07, 6.45) is 4.57. The molecule has 2 N–H and O–H groups in total. The van der Waals surface area contributed by atoms with Gasteiger partial charge in [0.2, 0.25) is 5.91 Å². The summed E-state index contributed by atoms with van der Waals surface area (Å²) in [5.41, 5.74) is 0.479. The molecule has 0 aromatic heterocycles. The van der Waals surface area contributed by atoms with Crippen LogP contribution in [0.25, 0.3) is 0 Å². The van der Waals surface area contributed by atoms with E-state index in [0.29, 0.717) is 18.5 Å². The van der Waals surface area contributed by atoms with Gasteiger partial charge in [0.05, 0.1) is 16.1 Å². The van der Waals surface area contributed by atoms with Gasteiger partial charge < -0.3 is 15.2 Å². The van der Waals surface area contributed by atoms with Crippen molar-refractivity contribution in [1.82, 2.24) is 0 Å². The fraction of sp³-hybridized carbons (Fsp3) is 0.500. The maximum atomic E-state index is 11.8. The third kappa shape index (κ3) is 4.27. The van der Waals surface area contributed by atoms with Crippen molar-refractivity contribution in [3.8, 4) is 5.75 Å². The molecule has 2 rings (SSSR count). The van der Waals surface area contributed by atoms with Gasteiger partial charge in [-0.1, -0.05) is 23.2 Å². The molecule has 20 heavy (non-hydrogen) atoms. The topological polar surface area (TPSA) is 58.6 Å². The summed E-state index contributed by atoms with van der Waals surface area (Å²) in [4.78, 5) is 11.8. The molecule has 1 heterocycles. The van der Waals surface area contributed by atoms with E-state index in [1.807, 2.05) is 0 Å². The minimum absolute atomic E-state index is 0.114. The lowest BCUT2D eigenvalue weighted by molar-refractivity contribution is -0.117. The first-order chi connectivity index (χ1) is 9.56. The summed E-state index contributed by atoms with van der Waals surface area (Å²) in [7, 11) is 0. The zero-order valence-corrected chi connectivity index (χ0v) is 12.5. The zero-order valence-electron chi connectivity index (χ0n) is 11.0. The maximum absolute atomic E-state index is 11.8. The average molecular weight is 318 g/mol. The second-order valence-corrected chi connectivity index (χ2v) is 5.68. The van der Waals surface area contributed by atoms with Crippen LogP contribution in [0, 0.1) is 0 Å². The van der Waals surface area contributed by atoms with Crippen LogP contribution >= 0.6 is 23.2 Å². The predicted molar refractivity (Wildman–Crippen MR) is 79.6 cm³/mol. The van der Waals surface area contributed by atoms with Crippen LogP contribution in [0.15, 0.2) is 12.1 Å². The van der Waals surface area contributed by atoms with Gasteiger partial charge in [-0.15, -0.1) is 0 Å². The fourth-order valence-electron chi connectivity index (χ4n) is 2.19. The molecule has 1 aromatic rings. The van der Waals surface area contributed by atoms with Crippen molar-refractivity contribution < 1.29 is 14.6 Å². The Bertz CT molecular complexity index is 464. The molecule has 110 valence electrons. The van der Waals surface area contributed by atoms with Crippen molar-refractivity contribution in [2.24, 2.45) is 0 Å². The van der Waals surface area contributed by atoms with Gasteiger partial charge in [0.15, 0.2) is 5.75 Å². The highest BCUT2D eigenvalue weighted by Gasteiger charge is 2.16. The number of phenolic OH excluding ortho intramolecular Hbond substituents is 1. The molecule has 4 nitrogen and oxygen atoms in total. The number of aromatic hydroxyl groups is 1. The first-order valence-corrected chi connectivity index (χ1v) is 7.41. The molecule has 1 amide bonds. The number of phenols is 1. The molecule has 6 heteroatoms. The number of carbonyl (C=O) groups excluding carboxylic acids is 1. The number of carbonyl (C=O) groups is 1. The number of anilines is 1. The van der Waals surface area contributed by atoms with Gasteiger partial charge in [-0.25, -0.2) is 0 Å². The Kier molecular flexibility index (Phi) is 5.52. The van der Waals surface area contributed by atoms with E-state index in [2.05, 4.69) is 5.32 Å². The standard InChI is InChI=1S/C14H17Cl2NO3/c15-11-7-9(8-12(16)14(11)19)17-13(18)5-4-10-3-1-2-6-20-10/h7-8,10,19H,1-6H2,(H,17,18). The Balaban J connectivity index is 1.84. The number of nitrogens with one attached hydrogen (secondary N) is 1. The molecule has 0 radical (unpaired) electrons. The number of rotatable bonds is 4. The van der Waals surface area contributed by atoms with Crippen molar-refractivity contribution in [2.45, 2.75) is 38.2 Å². The lowest BCUT2D eigenvalue weighted by atomic mass is 10.0. The van der Waals surface area contributed by atoms with Gasteiger partial charge in [-0.2, -0.15) is 0 Å². The second-order valence-electron chi connectivity index (χ2n) is 4.86. The van der Waals surface area contributed by atoms with Crippen LogP contribution in [-0.4, -0.2) is 23.7 Å². The number of ether oxygens (including phenoxy) is 1. The lowest BCUT2D eigenvalue weighted by Gasteiger charge is -2.22. The Morgan fingerprint density at radius 3 is 2.65 bits per heavy atom. The minimum Gasteiger partial charge on any atom is -0.505 e. The van der Waals surface area contributed by atoms with Crippen LogP contribution in [0.3, 0.4) is 0 Å². The van der Waals surface area contributed by atoms with Crippen LogP contribution in [0.2, 0.25) is 10.0 Å². The van der Waals surface area contributed by atoms with Crippen LogP contribution in [0.4, 0.5) is 5.69 Å². The number of halogens is 2. The largest absolute Gasteiger partial charge is 0.505 e. The number of hydrogen-bond acceptors (Lipinski definition) is 3. The van der Waals surface area contributed by atoms with Crippen LogP contribution < -0.4 is 5.32 Å². The highest BCUT2D eigenvalue weighted by molar-refractivity contribution is 6.37. The van der Waals surface area contributed by atoms with E-state index in [9.17, 15) is 9.90 Å². The van der Waals surface area contributed by atoms with Crippen molar-refractivity contribution in [3.63, 3.8) is 0 Å². The van der Waals surface area contributed by atoms with E-state index in [1.165, 1.54) is 12.1 Å². The molecule has 1 saturated heterocycles. The normalized spacial score (nSPS) is 18.8. The first-order valence-electron chi connectivity index (χ1n) is 6.65. The Morgan fingerprint density at radius 2 is 2.05 bits per heavy atom. The van der Waals surface area contributed by atoms with Gasteiger partial charge in [0, 0.05) is 18.7 Å². The summed E-state index contributed by atoms with van der Waals surface area (Å²) in [5, 5.41) is 12.4. The van der Waals surface area contributed by atoms with E-state index in [0.717, 1.165) is 25.9 Å². The number of hydrogen-bond donors (Lipinski definition) is 2. The summed E-state index contributed by atoms with van der Waals surface area (Å²) in [6, 6.07) is 2.94. The number of benzene rings is 1. The SMILES string of the molecule is O=C(CCC1CCCCO1)Nc1cc(Cl)c(O)c(Cl)c1. The van der Waals surface area contributed by atoms with Crippen molar-refractivity contribution in [2.75, 3.05) is 11.9 Å². The Morgan fingerprint density at radius 1 is 1.35 bits per heavy atom. The second kappa shape index (κ2) is 7.16. The first kappa shape index (κ1) is 15.4. The monoisotopic (exact) mass is 317 g/mol. The van der Waals surface area contributed by atoms with Crippen LogP contribution in [-0.2, 0) is 9.53 Å². The molecular weight excluding hydrogens is 301 g/mol. The molecule has 0 saturated carbocycles. The van der Waals surface area contributed by atoms with E-state index in [-0.39, 0.29) is 27.8 Å². The van der Waals surface area contributed by atoms with E-state index in [1.54, 1.807) is 0 Å². The van der Waals surface area contributed by atoms with Gasteiger partial charge >= 0.3 is 0 Å². The quantitative estimate of drug-likeness (QED) is 0.825. The van der Waals surface area contributed by atoms with Crippen molar-refractivity contribution in [3.05, 3.63) is 22.2 Å². The maximum Gasteiger partial charge on any atom is 0.224 e. The molecule has 1 aliphatic rings. The van der Waals surface area contributed by atoms with E-state index >= 15 is 0 Å². The molecule has 0 aliphatic carbocycles. The summed E-state index contributed by atoms with van der Waals surface area (Å²) in [5.74, 6) is -0.293. The third-order valence-electron chi connectivity index (χ3n) is 3.27. The third-order valence-corrected chi connectivity index (χ3v) is 3.84. The van der Waals surface area contributed by atoms with Gasteiger partial charge in [0.25, 0.3) is 0 Å². The average Bonchev–Trinajstić information content (AvgIpc) is 2.43. The van der Waals surface area contributed by atoms with Crippen LogP contribution in [0.5, 0.6) is 5.75 Å². The van der Waals surface area contributed by atoms with Crippen molar-refractivity contribution >= 4 is 34.8 Å². The number of amides is 1.